The maximum absolute atomic E-state index is 10.1. The Morgan fingerprint density at radius 1 is 1.33 bits per heavy atom. The first-order valence-corrected chi connectivity index (χ1v) is 6.46. The molecule has 1 N–H and O–H groups in total. The lowest BCUT2D eigenvalue weighted by molar-refractivity contribution is -0.0612. The molecule has 1 heteroatoms. The smallest absolute Gasteiger partial charge is 0.0574 e. The van der Waals surface area contributed by atoms with Crippen molar-refractivity contribution < 1.29 is 5.11 Å². The lowest BCUT2D eigenvalue weighted by Crippen LogP contribution is -2.45. The number of aliphatic hydroxyl groups is 1. The predicted octanol–water partition coefficient (Wildman–Crippen LogP) is 3.53. The van der Waals surface area contributed by atoms with Gasteiger partial charge >= 0.3 is 0 Å². The van der Waals surface area contributed by atoms with Crippen LogP contribution >= 0.6 is 0 Å². The molecule has 2 aliphatic carbocycles. The quantitative estimate of drug-likeness (QED) is 0.688. The lowest BCUT2D eigenvalue weighted by atomic mass is 9.55. The first-order chi connectivity index (χ1) is 7.17. The minimum Gasteiger partial charge on any atom is -0.393 e. The van der Waals surface area contributed by atoms with E-state index in [4.69, 9.17) is 0 Å². The van der Waals surface area contributed by atoms with Crippen LogP contribution < -0.4 is 0 Å². The number of fused-ring (bicyclic) bond motifs is 1. The van der Waals surface area contributed by atoms with Gasteiger partial charge in [-0.05, 0) is 49.4 Å². The highest BCUT2D eigenvalue weighted by Gasteiger charge is 2.46. The molecule has 2 fully saturated rings. The Hall–Kier alpha value is -0.300. The molecule has 0 aromatic heterocycles. The van der Waals surface area contributed by atoms with Gasteiger partial charge in [-0.25, -0.2) is 0 Å². The monoisotopic (exact) mass is 208 g/mol. The van der Waals surface area contributed by atoms with Crippen LogP contribution in [-0.4, -0.2) is 11.2 Å². The van der Waals surface area contributed by atoms with Gasteiger partial charge in [0.1, 0.15) is 0 Å². The van der Waals surface area contributed by atoms with Gasteiger partial charge in [-0.1, -0.05) is 25.8 Å². The van der Waals surface area contributed by atoms with E-state index in [1.807, 2.05) is 6.08 Å². The molecule has 0 spiro atoms. The van der Waals surface area contributed by atoms with Crippen LogP contribution in [0.2, 0.25) is 0 Å². The molecule has 0 heterocycles. The first-order valence-electron chi connectivity index (χ1n) is 6.46. The van der Waals surface area contributed by atoms with Crippen molar-refractivity contribution in [3.8, 4) is 0 Å². The average Bonchev–Trinajstić information content (AvgIpc) is 2.23. The minimum absolute atomic E-state index is 0.0702. The number of aliphatic hydroxyl groups excluding tert-OH is 1. The molecule has 0 aromatic carbocycles. The van der Waals surface area contributed by atoms with Crippen LogP contribution in [0.5, 0.6) is 0 Å². The zero-order valence-corrected chi connectivity index (χ0v) is 9.91. The summed E-state index contributed by atoms with van der Waals surface area (Å²) in [5.41, 5.74) is 0.519. The Morgan fingerprint density at radius 2 is 2.13 bits per heavy atom. The van der Waals surface area contributed by atoms with E-state index in [-0.39, 0.29) is 6.10 Å². The average molecular weight is 208 g/mol. The van der Waals surface area contributed by atoms with Crippen LogP contribution in [0.3, 0.4) is 0 Å². The van der Waals surface area contributed by atoms with Crippen LogP contribution in [0.25, 0.3) is 0 Å². The third-order valence-electron chi connectivity index (χ3n) is 4.87. The van der Waals surface area contributed by atoms with E-state index in [1.165, 1.54) is 32.1 Å². The van der Waals surface area contributed by atoms with E-state index in [0.29, 0.717) is 11.3 Å². The lowest BCUT2D eigenvalue weighted by Gasteiger charge is -2.51. The fourth-order valence-electron chi connectivity index (χ4n) is 3.94. The zero-order chi connectivity index (χ0) is 10.9. The molecule has 0 bridgehead atoms. The van der Waals surface area contributed by atoms with Crippen LogP contribution in [0.4, 0.5) is 0 Å². The van der Waals surface area contributed by atoms with Gasteiger partial charge in [-0.2, -0.15) is 0 Å². The molecule has 0 saturated heterocycles. The van der Waals surface area contributed by atoms with Crippen molar-refractivity contribution in [2.45, 2.75) is 58.0 Å². The summed E-state index contributed by atoms with van der Waals surface area (Å²) >= 11 is 0. The Kier molecular flexibility index (Phi) is 3.20. The number of rotatable bonds is 2. The summed E-state index contributed by atoms with van der Waals surface area (Å²) in [7, 11) is 0. The normalized spacial score (nSPS) is 45.9. The second-order valence-corrected chi connectivity index (χ2v) is 5.80. The fraction of sp³-hybridized carbons (Fsp3) is 0.857. The van der Waals surface area contributed by atoms with Crippen LogP contribution in [-0.2, 0) is 0 Å². The van der Waals surface area contributed by atoms with E-state index in [0.717, 1.165) is 18.8 Å². The highest BCUT2D eigenvalue weighted by molar-refractivity contribution is 4.98. The van der Waals surface area contributed by atoms with Gasteiger partial charge < -0.3 is 5.11 Å². The maximum Gasteiger partial charge on any atom is 0.0574 e. The van der Waals surface area contributed by atoms with E-state index >= 15 is 0 Å². The van der Waals surface area contributed by atoms with Gasteiger partial charge in [-0.3, -0.25) is 0 Å². The molecule has 86 valence electrons. The van der Waals surface area contributed by atoms with Crippen LogP contribution in [0.1, 0.15) is 51.9 Å². The van der Waals surface area contributed by atoms with Gasteiger partial charge in [0, 0.05) is 0 Å². The van der Waals surface area contributed by atoms with Crippen LogP contribution in [0.15, 0.2) is 12.7 Å². The number of hydrogen-bond donors (Lipinski definition) is 1. The molecule has 0 aliphatic heterocycles. The molecule has 15 heavy (non-hydrogen) atoms. The number of hydrogen-bond acceptors (Lipinski definition) is 1. The van der Waals surface area contributed by atoms with Crippen molar-refractivity contribution >= 4 is 0 Å². The molecule has 4 atom stereocenters. The van der Waals surface area contributed by atoms with Gasteiger partial charge in [0.25, 0.3) is 0 Å². The summed E-state index contributed by atoms with van der Waals surface area (Å²) in [6, 6.07) is 0. The molecule has 0 aromatic rings. The fourth-order valence-corrected chi connectivity index (χ4v) is 3.94. The summed E-state index contributed by atoms with van der Waals surface area (Å²) in [4.78, 5) is 0. The van der Waals surface area contributed by atoms with E-state index in [2.05, 4.69) is 13.5 Å². The summed E-state index contributed by atoms with van der Waals surface area (Å²) < 4.78 is 0. The Morgan fingerprint density at radius 3 is 2.87 bits per heavy atom. The Balaban J connectivity index is 2.16. The summed E-state index contributed by atoms with van der Waals surface area (Å²) in [5, 5.41) is 10.1. The number of allylic oxidation sites excluding steroid dienone is 1. The Bertz CT molecular complexity index is 235. The highest BCUT2D eigenvalue weighted by atomic mass is 16.3. The highest BCUT2D eigenvalue weighted by Crippen LogP contribution is 2.53. The van der Waals surface area contributed by atoms with Gasteiger partial charge in [0.05, 0.1) is 6.10 Å². The van der Waals surface area contributed by atoms with Gasteiger partial charge in [0.2, 0.25) is 0 Å². The molecule has 0 radical (unpaired) electrons. The molecule has 0 unspecified atom stereocenters. The molecular formula is C14H24O. The van der Waals surface area contributed by atoms with E-state index < -0.39 is 0 Å². The Labute approximate surface area is 93.6 Å². The standard InChI is InChI=1S/C14H24O/c1-3-6-11-12-7-4-5-9-14(12,2)10-8-13(11)15/h3,11-13,15H,1,4-10H2,2H3/t11-,12-,13+,14-/m0/s1. The summed E-state index contributed by atoms with van der Waals surface area (Å²) in [5.74, 6) is 1.23. The van der Waals surface area contributed by atoms with E-state index in [1.54, 1.807) is 0 Å². The second kappa shape index (κ2) is 4.29. The van der Waals surface area contributed by atoms with Gasteiger partial charge in [-0.15, -0.1) is 6.58 Å². The zero-order valence-electron chi connectivity index (χ0n) is 9.91. The summed E-state index contributed by atoms with van der Waals surface area (Å²) in [6.45, 7) is 6.28. The summed E-state index contributed by atoms with van der Waals surface area (Å²) in [6.07, 6.45) is 10.6. The maximum atomic E-state index is 10.1. The predicted molar refractivity (Wildman–Crippen MR) is 63.6 cm³/mol. The molecular weight excluding hydrogens is 184 g/mol. The molecule has 2 rings (SSSR count). The topological polar surface area (TPSA) is 20.2 Å². The van der Waals surface area contributed by atoms with Crippen molar-refractivity contribution in [2.24, 2.45) is 17.3 Å². The van der Waals surface area contributed by atoms with Gasteiger partial charge in [0.15, 0.2) is 0 Å². The third kappa shape index (κ3) is 1.99. The second-order valence-electron chi connectivity index (χ2n) is 5.80. The molecule has 0 amide bonds. The van der Waals surface area contributed by atoms with Crippen molar-refractivity contribution in [3.63, 3.8) is 0 Å². The van der Waals surface area contributed by atoms with Crippen LogP contribution in [0, 0.1) is 17.3 Å². The van der Waals surface area contributed by atoms with Crippen molar-refractivity contribution in [1.29, 1.82) is 0 Å². The minimum atomic E-state index is -0.0702. The van der Waals surface area contributed by atoms with Crippen molar-refractivity contribution in [1.82, 2.24) is 0 Å². The first kappa shape index (κ1) is 11.2. The molecule has 1 nitrogen and oxygen atoms in total. The third-order valence-corrected chi connectivity index (χ3v) is 4.87. The van der Waals surface area contributed by atoms with E-state index in [9.17, 15) is 5.11 Å². The SMILES string of the molecule is C=CC[C@@H]1[C@H](O)CC[C@]2(C)CCCC[C@@H]12. The molecule has 2 aliphatic rings. The van der Waals surface area contributed by atoms with Crippen molar-refractivity contribution in [2.75, 3.05) is 0 Å². The largest absolute Gasteiger partial charge is 0.393 e. The molecule has 2 saturated carbocycles. The van der Waals surface area contributed by atoms with Crippen molar-refractivity contribution in [3.05, 3.63) is 12.7 Å².